The van der Waals surface area contributed by atoms with Crippen LogP contribution in [0, 0.1) is 0 Å². The standard InChI is InChI=1S/C13H10BrNO6S/c14-9-3-7(11-4-10(13(16)17)15-21-11)1-2-12(9)22(18,19)8-5-20-6-8/h1-4,8H,5-6H2,(H,16,17). The lowest BCUT2D eigenvalue weighted by Crippen LogP contribution is -2.40. The molecule has 116 valence electrons. The van der Waals surface area contributed by atoms with Gasteiger partial charge in [0, 0.05) is 16.1 Å². The van der Waals surface area contributed by atoms with Gasteiger partial charge in [-0.2, -0.15) is 0 Å². The molecule has 1 fully saturated rings. The first-order chi connectivity index (χ1) is 10.4. The van der Waals surface area contributed by atoms with E-state index in [1.807, 2.05) is 0 Å². The number of carboxylic acids is 1. The summed E-state index contributed by atoms with van der Waals surface area (Å²) in [5.74, 6) is -0.952. The van der Waals surface area contributed by atoms with Crippen LogP contribution in [0.15, 0.2) is 38.2 Å². The van der Waals surface area contributed by atoms with E-state index in [2.05, 4.69) is 21.1 Å². The van der Waals surface area contributed by atoms with Gasteiger partial charge in [-0.1, -0.05) is 5.16 Å². The molecule has 1 aliphatic heterocycles. The van der Waals surface area contributed by atoms with E-state index < -0.39 is 21.1 Å². The molecule has 0 aliphatic carbocycles. The molecule has 1 N–H and O–H groups in total. The smallest absolute Gasteiger partial charge is 0.358 e. The minimum Gasteiger partial charge on any atom is -0.476 e. The average molecular weight is 388 g/mol. The van der Waals surface area contributed by atoms with Gasteiger partial charge in [0.15, 0.2) is 21.3 Å². The second kappa shape index (κ2) is 5.49. The van der Waals surface area contributed by atoms with E-state index in [1.165, 1.54) is 12.1 Å². The Morgan fingerprint density at radius 2 is 2.05 bits per heavy atom. The number of hydrogen-bond acceptors (Lipinski definition) is 6. The maximum Gasteiger partial charge on any atom is 0.358 e. The van der Waals surface area contributed by atoms with E-state index in [1.54, 1.807) is 12.1 Å². The molecule has 0 amide bonds. The van der Waals surface area contributed by atoms with Crippen LogP contribution in [0.4, 0.5) is 0 Å². The molecule has 0 atom stereocenters. The number of aromatic nitrogens is 1. The summed E-state index contributed by atoms with van der Waals surface area (Å²) in [6.45, 7) is 0.390. The third-order valence-corrected chi connectivity index (χ3v) is 6.34. The molecule has 1 aromatic heterocycles. The fourth-order valence-corrected chi connectivity index (χ4v) is 4.52. The fraction of sp³-hybridized carbons (Fsp3) is 0.231. The zero-order valence-electron chi connectivity index (χ0n) is 11.0. The summed E-state index contributed by atoms with van der Waals surface area (Å²) in [5.41, 5.74) is 0.310. The molecule has 0 radical (unpaired) electrons. The van der Waals surface area contributed by atoms with Crippen LogP contribution in [0.25, 0.3) is 11.3 Å². The fourth-order valence-electron chi connectivity index (χ4n) is 1.97. The summed E-state index contributed by atoms with van der Waals surface area (Å²) in [7, 11) is -3.45. The molecule has 9 heteroatoms. The minimum atomic E-state index is -3.45. The van der Waals surface area contributed by atoms with Crippen LogP contribution in [0.5, 0.6) is 0 Å². The molecule has 1 saturated heterocycles. The van der Waals surface area contributed by atoms with Crippen molar-refractivity contribution in [3.8, 4) is 11.3 Å². The summed E-state index contributed by atoms with van der Waals surface area (Å²) in [6, 6.07) is 5.83. The number of hydrogen-bond donors (Lipinski definition) is 1. The largest absolute Gasteiger partial charge is 0.476 e. The third-order valence-electron chi connectivity index (χ3n) is 3.30. The van der Waals surface area contributed by atoms with E-state index in [0.717, 1.165) is 0 Å². The van der Waals surface area contributed by atoms with Crippen LogP contribution in [0.3, 0.4) is 0 Å². The Balaban J connectivity index is 1.96. The molecule has 0 bridgehead atoms. The minimum absolute atomic E-state index is 0.169. The molecular formula is C13H10BrNO6S. The number of rotatable bonds is 4. The van der Waals surface area contributed by atoms with E-state index in [4.69, 9.17) is 14.4 Å². The van der Waals surface area contributed by atoms with E-state index >= 15 is 0 Å². The van der Waals surface area contributed by atoms with Crippen LogP contribution in [-0.2, 0) is 14.6 Å². The van der Waals surface area contributed by atoms with Crippen LogP contribution < -0.4 is 0 Å². The SMILES string of the molecule is O=C(O)c1cc(-c2ccc(S(=O)(=O)C3COC3)c(Br)c2)on1. The third kappa shape index (κ3) is 2.55. The summed E-state index contributed by atoms with van der Waals surface area (Å²) in [6.07, 6.45) is 0. The van der Waals surface area contributed by atoms with Crippen molar-refractivity contribution in [3.63, 3.8) is 0 Å². The highest BCUT2D eigenvalue weighted by Gasteiger charge is 2.35. The van der Waals surface area contributed by atoms with E-state index in [-0.39, 0.29) is 29.6 Å². The Hall–Kier alpha value is -1.71. The monoisotopic (exact) mass is 387 g/mol. The lowest BCUT2D eigenvalue weighted by molar-refractivity contribution is 0.0416. The van der Waals surface area contributed by atoms with Gasteiger partial charge in [0.05, 0.1) is 18.1 Å². The predicted molar refractivity (Wildman–Crippen MR) is 78.4 cm³/mol. The molecule has 0 saturated carbocycles. The predicted octanol–water partition coefficient (Wildman–Crippen LogP) is 1.97. The normalized spacial score (nSPS) is 15.5. The van der Waals surface area contributed by atoms with Gasteiger partial charge in [0.1, 0.15) is 5.25 Å². The molecule has 3 rings (SSSR count). The average Bonchev–Trinajstić information content (AvgIpc) is 2.85. The Morgan fingerprint density at radius 3 is 2.55 bits per heavy atom. The lowest BCUT2D eigenvalue weighted by Gasteiger charge is -2.26. The Kier molecular flexibility index (Phi) is 3.79. The zero-order chi connectivity index (χ0) is 15.9. The highest BCUT2D eigenvalue weighted by atomic mass is 79.9. The molecule has 2 aromatic rings. The number of carbonyl (C=O) groups is 1. The molecule has 0 unspecified atom stereocenters. The molecular weight excluding hydrogens is 378 g/mol. The van der Waals surface area contributed by atoms with Crippen LogP contribution in [-0.4, -0.2) is 43.1 Å². The Labute approximate surface area is 133 Å². The van der Waals surface area contributed by atoms with Crippen LogP contribution in [0.2, 0.25) is 0 Å². The van der Waals surface area contributed by atoms with Crippen molar-refractivity contribution < 1.29 is 27.6 Å². The van der Waals surface area contributed by atoms with Crippen LogP contribution in [0.1, 0.15) is 10.5 Å². The first kappa shape index (κ1) is 15.2. The topological polar surface area (TPSA) is 107 Å². The van der Waals surface area contributed by atoms with Gasteiger partial charge < -0.3 is 14.4 Å². The lowest BCUT2D eigenvalue weighted by atomic mass is 10.1. The van der Waals surface area contributed by atoms with E-state index in [0.29, 0.717) is 10.0 Å². The van der Waals surface area contributed by atoms with Gasteiger partial charge in [-0.3, -0.25) is 0 Å². The Bertz CT molecular complexity index is 840. The highest BCUT2D eigenvalue weighted by molar-refractivity contribution is 9.10. The van der Waals surface area contributed by atoms with Gasteiger partial charge in [0.2, 0.25) is 0 Å². The first-order valence-corrected chi connectivity index (χ1v) is 8.55. The van der Waals surface area contributed by atoms with Gasteiger partial charge >= 0.3 is 5.97 Å². The maximum atomic E-state index is 12.4. The van der Waals surface area contributed by atoms with Gasteiger partial charge in [-0.15, -0.1) is 0 Å². The van der Waals surface area contributed by atoms with Crippen molar-refractivity contribution in [1.82, 2.24) is 5.16 Å². The quantitative estimate of drug-likeness (QED) is 0.854. The van der Waals surface area contributed by atoms with E-state index in [9.17, 15) is 13.2 Å². The summed E-state index contributed by atoms with van der Waals surface area (Å²) in [5, 5.41) is 11.7. The Morgan fingerprint density at radius 1 is 1.32 bits per heavy atom. The maximum absolute atomic E-state index is 12.4. The molecule has 1 aliphatic rings. The zero-order valence-corrected chi connectivity index (χ0v) is 13.4. The number of halogens is 1. The summed E-state index contributed by atoms with van der Waals surface area (Å²) >= 11 is 3.24. The summed E-state index contributed by atoms with van der Waals surface area (Å²) < 4.78 is 35.0. The van der Waals surface area contributed by atoms with Crippen molar-refractivity contribution >= 4 is 31.7 Å². The van der Waals surface area contributed by atoms with Crippen molar-refractivity contribution in [2.24, 2.45) is 0 Å². The first-order valence-electron chi connectivity index (χ1n) is 6.21. The van der Waals surface area contributed by atoms with Crippen molar-refractivity contribution in [2.75, 3.05) is 13.2 Å². The number of ether oxygens (including phenoxy) is 1. The number of carboxylic acid groups (broad SMARTS) is 1. The van der Waals surface area contributed by atoms with Crippen LogP contribution >= 0.6 is 15.9 Å². The number of aromatic carboxylic acids is 1. The summed E-state index contributed by atoms with van der Waals surface area (Å²) in [4.78, 5) is 11.0. The van der Waals surface area contributed by atoms with Crippen molar-refractivity contribution in [2.45, 2.75) is 10.1 Å². The molecule has 7 nitrogen and oxygen atoms in total. The second-order valence-corrected chi connectivity index (χ2v) is 7.78. The molecule has 22 heavy (non-hydrogen) atoms. The number of sulfone groups is 1. The molecule has 2 heterocycles. The van der Waals surface area contributed by atoms with Crippen molar-refractivity contribution in [3.05, 3.63) is 34.4 Å². The van der Waals surface area contributed by atoms with Gasteiger partial charge in [-0.05, 0) is 34.1 Å². The van der Waals surface area contributed by atoms with Crippen molar-refractivity contribution in [1.29, 1.82) is 0 Å². The van der Waals surface area contributed by atoms with Gasteiger partial charge in [-0.25, -0.2) is 13.2 Å². The number of benzene rings is 1. The molecule has 0 spiro atoms. The molecule has 1 aromatic carbocycles. The number of nitrogens with zero attached hydrogens (tertiary/aromatic N) is 1. The second-order valence-electron chi connectivity index (χ2n) is 4.73. The highest BCUT2D eigenvalue weighted by Crippen LogP contribution is 2.32. The van der Waals surface area contributed by atoms with Gasteiger partial charge in [0.25, 0.3) is 0 Å².